The molecule has 2 saturated heterocycles. The Bertz CT molecular complexity index is 1080. The van der Waals surface area contributed by atoms with E-state index in [1.54, 1.807) is 0 Å². The van der Waals surface area contributed by atoms with E-state index in [1.165, 1.54) is 22.4 Å². The van der Waals surface area contributed by atoms with Gasteiger partial charge in [-0.15, -0.1) is 0 Å². The minimum absolute atomic E-state index is 0.201. The summed E-state index contributed by atoms with van der Waals surface area (Å²) in [5, 5.41) is 19.6. The third-order valence-corrected chi connectivity index (χ3v) is 10.3. The van der Waals surface area contributed by atoms with Gasteiger partial charge in [0.15, 0.2) is 0 Å². The van der Waals surface area contributed by atoms with Gasteiger partial charge in [-0.05, 0) is 98.7 Å². The molecule has 0 spiro atoms. The van der Waals surface area contributed by atoms with E-state index in [0.717, 1.165) is 80.6 Å². The molecule has 0 radical (unpaired) electrons. The van der Waals surface area contributed by atoms with Crippen LogP contribution in [0.25, 0.3) is 0 Å². The molecule has 1 aliphatic carbocycles. The molecule has 2 N–H and O–H groups in total. The number of hydrogen-bond donors (Lipinski definition) is 2. The molecule has 3 heterocycles. The average molecular weight is 672 g/mol. The van der Waals surface area contributed by atoms with E-state index in [2.05, 4.69) is 53.9 Å². The van der Waals surface area contributed by atoms with E-state index >= 15 is 0 Å². The fraction of sp³-hybridized carbons (Fsp3) is 0.655. The number of piperidine rings is 2. The molecule has 1 amide bonds. The molecule has 0 aromatic heterocycles. The van der Waals surface area contributed by atoms with Gasteiger partial charge in [-0.2, -0.15) is 0 Å². The number of carbonyl (C=O) groups is 1. The van der Waals surface area contributed by atoms with Crippen LogP contribution in [0.4, 0.5) is 0 Å². The van der Waals surface area contributed by atoms with Crippen molar-refractivity contribution in [1.29, 1.82) is 0 Å². The first-order chi connectivity index (χ1) is 18.3. The highest BCUT2D eigenvalue weighted by Crippen LogP contribution is 2.49. The largest absolute Gasteiger partial charge is 0.394 e. The number of aliphatic imine (C=N–C) groups is 1. The first-order valence-corrected chi connectivity index (χ1v) is 16.1. The minimum Gasteiger partial charge on any atom is -0.394 e. The fourth-order valence-corrected chi connectivity index (χ4v) is 8.47. The zero-order chi connectivity index (χ0) is 26.8. The lowest BCUT2D eigenvalue weighted by Gasteiger charge is -2.39. The molecule has 1 aromatic rings. The second-order valence-corrected chi connectivity index (χ2v) is 13.9. The van der Waals surface area contributed by atoms with Gasteiger partial charge < -0.3 is 20.0 Å². The molecule has 4 aliphatic rings. The number of nitrogens with zero attached hydrogens (tertiary/aromatic N) is 3. The van der Waals surface area contributed by atoms with Crippen molar-refractivity contribution in [2.45, 2.75) is 68.2 Å². The zero-order valence-electron chi connectivity index (χ0n) is 21.8. The van der Waals surface area contributed by atoms with Crippen molar-refractivity contribution in [3.63, 3.8) is 0 Å². The minimum atomic E-state index is -0.681. The molecule has 2 unspecified atom stereocenters. The summed E-state index contributed by atoms with van der Waals surface area (Å²) < 4.78 is 1.08. The van der Waals surface area contributed by atoms with Crippen LogP contribution < -0.4 is 0 Å². The third kappa shape index (κ3) is 6.58. The lowest BCUT2D eigenvalue weighted by atomic mass is 9.76. The normalized spacial score (nSPS) is 26.2. The van der Waals surface area contributed by atoms with Crippen molar-refractivity contribution >= 4 is 55.6 Å². The number of aliphatic hydroxyl groups is 2. The SMILES string of the molecule is O=C(CC1CCN(CC(O)CO)CC1)N1CCC([C@H]2C3=C(CCc4cc(Cl)cc(Br)c42)CC(Br)C=N3)CC1. The molecular formula is C29H38Br2ClN3O3. The number of amides is 1. The molecule has 9 heteroatoms. The van der Waals surface area contributed by atoms with Crippen LogP contribution >= 0.6 is 43.5 Å². The first kappa shape index (κ1) is 28.7. The standard InChI is InChI=1S/C29H38Br2ClN3O3/c30-22-12-21-2-1-20-13-23(32)14-25(31)27(20)28(29(21)33-15-22)19-5-9-35(10-6-19)26(38)11-18-3-7-34(8-4-18)16-24(37)17-36/h13-15,18-19,22,24,28,36-37H,1-12,16-17H2/t22?,24?,28-/m1/s1. The van der Waals surface area contributed by atoms with Crippen LogP contribution in [0.2, 0.25) is 5.02 Å². The molecule has 38 heavy (non-hydrogen) atoms. The van der Waals surface area contributed by atoms with Gasteiger partial charge in [-0.1, -0.05) is 43.5 Å². The van der Waals surface area contributed by atoms with Gasteiger partial charge in [-0.25, -0.2) is 0 Å². The lowest BCUT2D eigenvalue weighted by Crippen LogP contribution is -2.43. The molecular weight excluding hydrogens is 634 g/mol. The van der Waals surface area contributed by atoms with Gasteiger partial charge in [0.25, 0.3) is 0 Å². The summed E-state index contributed by atoms with van der Waals surface area (Å²) in [5.74, 6) is 1.34. The maximum atomic E-state index is 13.2. The predicted octanol–water partition coefficient (Wildman–Crippen LogP) is 5.32. The topological polar surface area (TPSA) is 76.4 Å². The van der Waals surface area contributed by atoms with Crippen LogP contribution in [0.1, 0.15) is 62.0 Å². The lowest BCUT2D eigenvalue weighted by molar-refractivity contribution is -0.134. The Morgan fingerprint density at radius 3 is 2.58 bits per heavy atom. The van der Waals surface area contributed by atoms with Crippen molar-refractivity contribution in [3.05, 3.63) is 44.0 Å². The van der Waals surface area contributed by atoms with E-state index in [-0.39, 0.29) is 18.4 Å². The fourth-order valence-electron chi connectivity index (χ4n) is 6.84. The van der Waals surface area contributed by atoms with E-state index in [9.17, 15) is 9.90 Å². The van der Waals surface area contributed by atoms with Crippen LogP contribution in [0.3, 0.4) is 0 Å². The van der Waals surface area contributed by atoms with Crippen molar-refractivity contribution in [3.8, 4) is 0 Å². The second-order valence-electron chi connectivity index (χ2n) is 11.4. The Morgan fingerprint density at radius 1 is 1.13 bits per heavy atom. The number of benzene rings is 1. The van der Waals surface area contributed by atoms with Crippen LogP contribution in [-0.2, 0) is 11.2 Å². The molecule has 3 atom stereocenters. The van der Waals surface area contributed by atoms with Crippen molar-refractivity contribution in [2.24, 2.45) is 16.8 Å². The van der Waals surface area contributed by atoms with Gasteiger partial charge >= 0.3 is 0 Å². The number of rotatable bonds is 6. The van der Waals surface area contributed by atoms with Crippen LogP contribution in [0.5, 0.6) is 0 Å². The average Bonchev–Trinajstić information content (AvgIpc) is 3.06. The number of β-amino-alcohol motifs (C(OH)–C–C–N with tert-alkyl or cyclic N) is 1. The summed E-state index contributed by atoms with van der Waals surface area (Å²) in [5.41, 5.74) is 5.36. The van der Waals surface area contributed by atoms with E-state index in [1.807, 2.05) is 6.07 Å². The molecule has 5 rings (SSSR count). The Kier molecular flexibility index (Phi) is 9.70. The third-order valence-electron chi connectivity index (χ3n) is 8.87. The molecule has 0 bridgehead atoms. The van der Waals surface area contributed by atoms with Crippen LogP contribution in [0.15, 0.2) is 32.9 Å². The Labute approximate surface area is 247 Å². The number of aryl methyl sites for hydroxylation is 1. The maximum absolute atomic E-state index is 13.2. The Hall–Kier alpha value is -0.770. The molecule has 2 fully saturated rings. The summed E-state index contributed by atoms with van der Waals surface area (Å²) in [6.07, 6.45) is 8.88. The van der Waals surface area contributed by atoms with Crippen LogP contribution in [0, 0.1) is 11.8 Å². The number of carbonyl (C=O) groups excluding carboxylic acids is 1. The molecule has 6 nitrogen and oxygen atoms in total. The number of allylic oxidation sites excluding steroid dienone is 2. The van der Waals surface area contributed by atoms with E-state index in [0.29, 0.717) is 29.6 Å². The summed E-state index contributed by atoms with van der Waals surface area (Å²) >= 11 is 14.1. The summed E-state index contributed by atoms with van der Waals surface area (Å²) in [6, 6.07) is 4.16. The van der Waals surface area contributed by atoms with Crippen LogP contribution in [-0.4, -0.2) is 82.4 Å². The van der Waals surface area contributed by atoms with Gasteiger partial charge in [0, 0.05) is 53.4 Å². The molecule has 208 valence electrons. The molecule has 3 aliphatic heterocycles. The number of halogens is 3. The van der Waals surface area contributed by atoms with Gasteiger partial charge in [-0.3, -0.25) is 9.79 Å². The number of alkyl halides is 1. The monoisotopic (exact) mass is 669 g/mol. The van der Waals surface area contributed by atoms with E-state index in [4.69, 9.17) is 21.7 Å². The summed E-state index contributed by atoms with van der Waals surface area (Å²) in [6.45, 7) is 3.67. The predicted molar refractivity (Wildman–Crippen MR) is 159 cm³/mol. The quantitative estimate of drug-likeness (QED) is 0.402. The van der Waals surface area contributed by atoms with E-state index < -0.39 is 6.10 Å². The Morgan fingerprint density at radius 2 is 1.87 bits per heavy atom. The first-order valence-electron chi connectivity index (χ1n) is 14.0. The summed E-state index contributed by atoms with van der Waals surface area (Å²) in [7, 11) is 0. The highest BCUT2D eigenvalue weighted by Gasteiger charge is 2.38. The smallest absolute Gasteiger partial charge is 0.222 e. The number of likely N-dealkylation sites (tertiary alicyclic amines) is 2. The number of aliphatic hydroxyl groups excluding tert-OH is 2. The number of fused-ring (bicyclic) bond motifs is 1. The van der Waals surface area contributed by atoms with Crippen molar-refractivity contribution in [2.75, 3.05) is 39.3 Å². The Balaban J connectivity index is 1.23. The summed E-state index contributed by atoms with van der Waals surface area (Å²) in [4.78, 5) is 22.8. The van der Waals surface area contributed by atoms with Gasteiger partial charge in [0.1, 0.15) is 0 Å². The molecule has 1 aromatic carbocycles. The number of hydrogen-bond acceptors (Lipinski definition) is 5. The molecule has 0 saturated carbocycles. The van der Waals surface area contributed by atoms with Gasteiger partial charge in [0.2, 0.25) is 5.91 Å². The zero-order valence-corrected chi connectivity index (χ0v) is 25.7. The van der Waals surface area contributed by atoms with Crippen molar-refractivity contribution in [1.82, 2.24) is 9.80 Å². The van der Waals surface area contributed by atoms with Gasteiger partial charge in [0.05, 0.1) is 17.5 Å². The maximum Gasteiger partial charge on any atom is 0.222 e. The highest BCUT2D eigenvalue weighted by molar-refractivity contribution is 9.10. The van der Waals surface area contributed by atoms with Crippen molar-refractivity contribution < 1.29 is 15.0 Å². The second kappa shape index (κ2) is 12.8. The highest BCUT2D eigenvalue weighted by atomic mass is 79.9.